The number of hydrogen-bond acceptors (Lipinski definition) is 3. The van der Waals surface area contributed by atoms with Gasteiger partial charge in [-0.25, -0.2) is 4.79 Å². The topological polar surface area (TPSA) is 63.6 Å². The molecule has 0 aliphatic heterocycles. The standard InChI is InChI=1S/C8H13O4P/c1-2-8(9)12-6-4-3-5-7-13(10)11/h2H,1,3-7H2/p+1. The highest BCUT2D eigenvalue weighted by Crippen LogP contribution is 2.15. The van der Waals surface area contributed by atoms with Crippen molar-refractivity contribution in [2.45, 2.75) is 19.3 Å². The summed E-state index contributed by atoms with van der Waals surface area (Å²) in [5, 5.41) is 0. The van der Waals surface area contributed by atoms with Crippen molar-refractivity contribution in [3.05, 3.63) is 12.7 Å². The zero-order chi connectivity index (χ0) is 10.1. The third kappa shape index (κ3) is 9.18. The predicted octanol–water partition coefficient (Wildman–Crippen LogP) is 1.62. The van der Waals surface area contributed by atoms with Crippen LogP contribution < -0.4 is 0 Å². The average molecular weight is 205 g/mol. The zero-order valence-electron chi connectivity index (χ0n) is 7.44. The quantitative estimate of drug-likeness (QED) is 0.297. The van der Waals surface area contributed by atoms with Crippen LogP contribution in [-0.4, -0.2) is 23.6 Å². The molecule has 0 saturated carbocycles. The van der Waals surface area contributed by atoms with Gasteiger partial charge >= 0.3 is 14.0 Å². The molecular weight excluding hydrogens is 191 g/mol. The number of ether oxygens (including phenoxy) is 1. The van der Waals surface area contributed by atoms with Gasteiger partial charge in [0.25, 0.3) is 0 Å². The number of rotatable bonds is 7. The van der Waals surface area contributed by atoms with Crippen molar-refractivity contribution >= 4 is 14.0 Å². The molecule has 1 N–H and O–H groups in total. The van der Waals surface area contributed by atoms with E-state index in [4.69, 9.17) is 9.63 Å². The third-order valence-electron chi connectivity index (χ3n) is 1.40. The monoisotopic (exact) mass is 205 g/mol. The van der Waals surface area contributed by atoms with Gasteiger partial charge in [0.1, 0.15) is 0 Å². The van der Waals surface area contributed by atoms with Crippen LogP contribution in [-0.2, 0) is 14.1 Å². The summed E-state index contributed by atoms with van der Waals surface area (Å²) in [7, 11) is -2.01. The van der Waals surface area contributed by atoms with Crippen molar-refractivity contribution in [3.63, 3.8) is 0 Å². The van der Waals surface area contributed by atoms with Crippen molar-refractivity contribution in [3.8, 4) is 0 Å². The summed E-state index contributed by atoms with van der Waals surface area (Å²) >= 11 is 0. The molecule has 0 heterocycles. The Morgan fingerprint density at radius 3 is 2.69 bits per heavy atom. The summed E-state index contributed by atoms with van der Waals surface area (Å²) < 4.78 is 14.9. The second-order valence-electron chi connectivity index (χ2n) is 2.51. The fourth-order valence-corrected chi connectivity index (χ4v) is 1.25. The Kier molecular flexibility index (Phi) is 7.45. The van der Waals surface area contributed by atoms with Crippen molar-refractivity contribution in [2.24, 2.45) is 0 Å². The Morgan fingerprint density at radius 1 is 1.46 bits per heavy atom. The molecule has 0 fully saturated rings. The van der Waals surface area contributed by atoms with Crippen molar-refractivity contribution in [1.82, 2.24) is 0 Å². The molecular formula is C8H14O4P+. The van der Waals surface area contributed by atoms with Crippen LogP contribution in [0.15, 0.2) is 12.7 Å². The molecule has 74 valence electrons. The van der Waals surface area contributed by atoms with Gasteiger partial charge in [0.05, 0.1) is 6.61 Å². The molecule has 4 nitrogen and oxygen atoms in total. The average Bonchev–Trinajstić information content (AvgIpc) is 2.10. The highest BCUT2D eigenvalue weighted by atomic mass is 31.1. The summed E-state index contributed by atoms with van der Waals surface area (Å²) in [6.45, 7) is 3.61. The van der Waals surface area contributed by atoms with E-state index in [0.29, 0.717) is 19.2 Å². The molecule has 0 aromatic carbocycles. The molecule has 13 heavy (non-hydrogen) atoms. The molecule has 0 aromatic heterocycles. The van der Waals surface area contributed by atoms with Crippen LogP contribution in [0.25, 0.3) is 0 Å². The van der Waals surface area contributed by atoms with E-state index in [2.05, 4.69) is 6.58 Å². The highest BCUT2D eigenvalue weighted by Gasteiger charge is 2.07. The first-order valence-corrected chi connectivity index (χ1v) is 5.49. The van der Waals surface area contributed by atoms with Crippen molar-refractivity contribution in [1.29, 1.82) is 0 Å². The number of carbonyl (C=O) groups is 1. The lowest BCUT2D eigenvalue weighted by Gasteiger charge is -1.99. The minimum atomic E-state index is -2.01. The van der Waals surface area contributed by atoms with Crippen molar-refractivity contribution < 1.29 is 19.0 Å². The van der Waals surface area contributed by atoms with E-state index in [-0.39, 0.29) is 0 Å². The van der Waals surface area contributed by atoms with Gasteiger partial charge in [-0.15, -0.1) is 0 Å². The molecule has 1 atom stereocenters. The predicted molar refractivity (Wildman–Crippen MR) is 49.7 cm³/mol. The van der Waals surface area contributed by atoms with Gasteiger partial charge in [0, 0.05) is 6.08 Å². The van der Waals surface area contributed by atoms with E-state index >= 15 is 0 Å². The first-order chi connectivity index (χ1) is 6.16. The minimum Gasteiger partial charge on any atom is -0.463 e. The maximum Gasteiger partial charge on any atom is 0.505 e. The lowest BCUT2D eigenvalue weighted by molar-refractivity contribution is -0.137. The largest absolute Gasteiger partial charge is 0.505 e. The Morgan fingerprint density at radius 2 is 2.15 bits per heavy atom. The number of hydrogen-bond donors (Lipinski definition) is 1. The van der Waals surface area contributed by atoms with Gasteiger partial charge in [-0.1, -0.05) is 6.58 Å². The smallest absolute Gasteiger partial charge is 0.463 e. The lowest BCUT2D eigenvalue weighted by Crippen LogP contribution is -2.01. The van der Waals surface area contributed by atoms with Crippen LogP contribution in [0.4, 0.5) is 0 Å². The van der Waals surface area contributed by atoms with E-state index in [1.54, 1.807) is 0 Å². The normalized spacial score (nSPS) is 10.7. The first kappa shape index (κ1) is 12.3. The molecule has 0 rings (SSSR count). The maximum absolute atomic E-state index is 10.5. The first-order valence-electron chi connectivity index (χ1n) is 4.09. The summed E-state index contributed by atoms with van der Waals surface area (Å²) in [6, 6.07) is 0. The van der Waals surface area contributed by atoms with E-state index in [1.807, 2.05) is 0 Å². The molecule has 0 aliphatic carbocycles. The Labute approximate surface area is 78.5 Å². The van der Waals surface area contributed by atoms with Gasteiger partial charge in [-0.05, 0) is 23.8 Å². The summed E-state index contributed by atoms with van der Waals surface area (Å²) in [4.78, 5) is 19.0. The fraction of sp³-hybridized carbons (Fsp3) is 0.625. The molecule has 0 saturated heterocycles. The van der Waals surface area contributed by atoms with Gasteiger partial charge in [0.2, 0.25) is 0 Å². The SMILES string of the molecule is C=CC(=O)OCCCCC[P+](=O)O. The second-order valence-corrected chi connectivity index (χ2v) is 3.66. The van der Waals surface area contributed by atoms with Crippen LogP contribution in [0.3, 0.4) is 0 Å². The third-order valence-corrected chi connectivity index (χ3v) is 2.10. The molecule has 5 heteroatoms. The van der Waals surface area contributed by atoms with Crippen LogP contribution in [0, 0.1) is 0 Å². The van der Waals surface area contributed by atoms with Crippen LogP contribution in [0.1, 0.15) is 19.3 Å². The van der Waals surface area contributed by atoms with Gasteiger partial charge in [-0.2, -0.15) is 4.89 Å². The van der Waals surface area contributed by atoms with E-state index in [0.717, 1.165) is 18.9 Å². The summed E-state index contributed by atoms with van der Waals surface area (Å²) in [6.07, 6.45) is 3.65. The van der Waals surface area contributed by atoms with E-state index in [1.165, 1.54) is 0 Å². The number of esters is 1. The molecule has 0 aromatic rings. The number of unbranched alkanes of at least 4 members (excludes halogenated alkanes) is 2. The second kappa shape index (κ2) is 7.90. The molecule has 0 radical (unpaired) electrons. The summed E-state index contributed by atoms with van der Waals surface area (Å²) in [5.74, 6) is -0.423. The Hall–Kier alpha value is -0.730. The molecule has 0 spiro atoms. The minimum absolute atomic E-state index is 0.324. The van der Waals surface area contributed by atoms with Crippen molar-refractivity contribution in [2.75, 3.05) is 12.8 Å². The van der Waals surface area contributed by atoms with Crippen LogP contribution in [0.2, 0.25) is 0 Å². The van der Waals surface area contributed by atoms with Gasteiger partial charge in [0.15, 0.2) is 6.16 Å². The van der Waals surface area contributed by atoms with E-state index < -0.39 is 14.0 Å². The number of carbonyl (C=O) groups excluding carboxylic acids is 1. The summed E-state index contributed by atoms with van der Waals surface area (Å²) in [5.41, 5.74) is 0. The fourth-order valence-electron chi connectivity index (χ4n) is 0.758. The van der Waals surface area contributed by atoms with Gasteiger partial charge in [-0.3, -0.25) is 0 Å². The van der Waals surface area contributed by atoms with Gasteiger partial charge < -0.3 is 4.74 Å². The molecule has 0 amide bonds. The van der Waals surface area contributed by atoms with Crippen LogP contribution >= 0.6 is 8.03 Å². The lowest BCUT2D eigenvalue weighted by atomic mass is 10.3. The molecule has 1 unspecified atom stereocenters. The molecule has 0 bridgehead atoms. The maximum atomic E-state index is 10.5. The molecule has 0 aliphatic rings. The van der Waals surface area contributed by atoms with E-state index in [9.17, 15) is 9.36 Å². The zero-order valence-corrected chi connectivity index (χ0v) is 8.33. The Balaban J connectivity index is 3.12. The van der Waals surface area contributed by atoms with Crippen LogP contribution in [0.5, 0.6) is 0 Å². The Bertz CT molecular complexity index is 191. The highest BCUT2D eigenvalue weighted by molar-refractivity contribution is 7.37.